The number of carbonyl (C=O) groups excluding carboxylic acids is 2. The van der Waals surface area contributed by atoms with Crippen molar-refractivity contribution in [2.75, 3.05) is 12.4 Å². The monoisotopic (exact) mass is 367 g/mol. The van der Waals surface area contributed by atoms with Crippen molar-refractivity contribution in [2.24, 2.45) is 0 Å². The third-order valence-corrected chi connectivity index (χ3v) is 4.60. The van der Waals surface area contributed by atoms with Gasteiger partial charge in [0.2, 0.25) is 0 Å². The van der Waals surface area contributed by atoms with Gasteiger partial charge >= 0.3 is 5.97 Å². The first-order chi connectivity index (χ1) is 9.93. The number of anilines is 1. The molecule has 0 spiro atoms. The second kappa shape index (κ2) is 6.41. The Kier molecular flexibility index (Phi) is 4.80. The average molecular weight is 368 g/mol. The highest BCUT2D eigenvalue weighted by atomic mass is 79.9. The second-order valence-electron chi connectivity index (χ2n) is 4.53. The van der Waals surface area contributed by atoms with E-state index in [1.807, 2.05) is 31.4 Å². The van der Waals surface area contributed by atoms with Crippen LogP contribution >= 0.6 is 27.3 Å². The molecule has 0 unspecified atom stereocenters. The Morgan fingerprint density at radius 1 is 1.24 bits per heavy atom. The zero-order chi connectivity index (χ0) is 15.6. The van der Waals surface area contributed by atoms with E-state index in [1.165, 1.54) is 18.4 Å². The van der Waals surface area contributed by atoms with Gasteiger partial charge in [0.25, 0.3) is 5.91 Å². The summed E-state index contributed by atoms with van der Waals surface area (Å²) in [6.45, 7) is 3.70. The number of hydrogen-bond donors (Lipinski definition) is 1. The highest BCUT2D eigenvalue weighted by Crippen LogP contribution is 2.29. The van der Waals surface area contributed by atoms with Gasteiger partial charge in [-0.05, 0) is 42.5 Å². The first-order valence-electron chi connectivity index (χ1n) is 6.18. The number of amides is 1. The summed E-state index contributed by atoms with van der Waals surface area (Å²) in [6.07, 6.45) is 0. The van der Waals surface area contributed by atoms with Crippen molar-refractivity contribution in [3.05, 3.63) is 49.6 Å². The molecular formula is C15H14BrNO3S. The Bertz CT molecular complexity index is 709. The van der Waals surface area contributed by atoms with Crippen LogP contribution in [0.15, 0.2) is 28.1 Å². The number of nitrogens with one attached hydrogen (secondary N) is 1. The number of benzene rings is 1. The van der Waals surface area contributed by atoms with Gasteiger partial charge in [-0.15, -0.1) is 11.3 Å². The molecule has 1 aromatic carbocycles. The summed E-state index contributed by atoms with van der Waals surface area (Å²) in [5.74, 6) is -0.699. The predicted octanol–water partition coefficient (Wildman–Crippen LogP) is 4.17. The molecule has 0 saturated carbocycles. The summed E-state index contributed by atoms with van der Waals surface area (Å²) < 4.78 is 5.56. The largest absolute Gasteiger partial charge is 0.465 e. The van der Waals surface area contributed by atoms with Crippen LogP contribution in [0.4, 0.5) is 5.69 Å². The Labute approximate surface area is 135 Å². The number of rotatable bonds is 3. The van der Waals surface area contributed by atoms with Crippen molar-refractivity contribution < 1.29 is 14.3 Å². The summed E-state index contributed by atoms with van der Waals surface area (Å²) in [7, 11) is 1.32. The summed E-state index contributed by atoms with van der Waals surface area (Å²) in [6, 6.07) is 5.49. The van der Waals surface area contributed by atoms with Gasteiger partial charge in [-0.25, -0.2) is 4.79 Å². The molecule has 0 radical (unpaired) electrons. The molecule has 6 heteroatoms. The maximum absolute atomic E-state index is 12.4. The fourth-order valence-corrected chi connectivity index (χ4v) is 3.15. The molecule has 1 heterocycles. The summed E-state index contributed by atoms with van der Waals surface area (Å²) in [5, 5.41) is 4.62. The van der Waals surface area contributed by atoms with E-state index in [0.717, 1.165) is 15.6 Å². The first kappa shape index (κ1) is 15.7. The van der Waals surface area contributed by atoms with Crippen LogP contribution in [0.3, 0.4) is 0 Å². The van der Waals surface area contributed by atoms with Crippen LogP contribution < -0.4 is 5.32 Å². The maximum Gasteiger partial charge on any atom is 0.350 e. The molecule has 0 atom stereocenters. The number of thiophene rings is 1. The molecule has 0 fully saturated rings. The van der Waals surface area contributed by atoms with Gasteiger partial charge in [-0.3, -0.25) is 4.79 Å². The maximum atomic E-state index is 12.4. The van der Waals surface area contributed by atoms with E-state index < -0.39 is 5.97 Å². The lowest BCUT2D eigenvalue weighted by atomic mass is 10.1. The van der Waals surface area contributed by atoms with E-state index in [4.69, 9.17) is 4.74 Å². The van der Waals surface area contributed by atoms with Gasteiger partial charge in [-0.2, -0.15) is 0 Å². The van der Waals surface area contributed by atoms with Crippen molar-refractivity contribution in [1.82, 2.24) is 0 Å². The second-order valence-corrected chi connectivity index (χ2v) is 6.32. The highest BCUT2D eigenvalue weighted by Gasteiger charge is 2.20. The fraction of sp³-hybridized carbons (Fsp3) is 0.200. The van der Waals surface area contributed by atoms with Gasteiger partial charge in [0.05, 0.1) is 12.8 Å². The summed E-state index contributed by atoms with van der Waals surface area (Å²) in [5.41, 5.74) is 2.77. The number of carbonyl (C=O) groups is 2. The molecule has 0 saturated heterocycles. The predicted molar refractivity (Wildman–Crippen MR) is 87.2 cm³/mol. The number of methoxy groups -OCH3 is 1. The molecule has 2 rings (SSSR count). The zero-order valence-corrected chi connectivity index (χ0v) is 14.2. The Balaban J connectivity index is 2.34. The molecule has 21 heavy (non-hydrogen) atoms. The minimum absolute atomic E-state index is 0.250. The van der Waals surface area contributed by atoms with Crippen molar-refractivity contribution in [3.63, 3.8) is 0 Å². The van der Waals surface area contributed by atoms with Crippen LogP contribution in [0.1, 0.15) is 31.2 Å². The molecule has 1 amide bonds. The molecule has 110 valence electrons. The lowest BCUT2D eigenvalue weighted by molar-refractivity contribution is 0.0607. The molecule has 2 aromatic rings. The SMILES string of the molecule is COC(=O)c1scc(C)c1NC(=O)c1cc(Br)ccc1C. The van der Waals surface area contributed by atoms with Crippen molar-refractivity contribution in [3.8, 4) is 0 Å². The smallest absolute Gasteiger partial charge is 0.350 e. The van der Waals surface area contributed by atoms with Gasteiger partial charge < -0.3 is 10.1 Å². The zero-order valence-electron chi connectivity index (χ0n) is 11.8. The van der Waals surface area contributed by atoms with Crippen molar-refractivity contribution in [2.45, 2.75) is 13.8 Å². The van der Waals surface area contributed by atoms with Crippen LogP contribution in [0.25, 0.3) is 0 Å². The molecule has 1 aromatic heterocycles. The molecule has 0 aliphatic rings. The lowest BCUT2D eigenvalue weighted by Gasteiger charge is -2.09. The van der Waals surface area contributed by atoms with Crippen LogP contribution in [-0.2, 0) is 4.74 Å². The standard InChI is InChI=1S/C15H14BrNO3S/c1-8-4-5-10(16)6-11(8)14(18)17-12-9(2)7-21-13(12)15(19)20-3/h4-7H,1-3H3,(H,17,18). The summed E-state index contributed by atoms with van der Waals surface area (Å²) >= 11 is 4.61. The van der Waals surface area contributed by atoms with Crippen LogP contribution in [0, 0.1) is 13.8 Å². The fourth-order valence-electron chi connectivity index (χ4n) is 1.86. The Morgan fingerprint density at radius 3 is 2.62 bits per heavy atom. The molecule has 0 aliphatic carbocycles. The van der Waals surface area contributed by atoms with Crippen LogP contribution in [0.2, 0.25) is 0 Å². The molecule has 0 bridgehead atoms. The first-order valence-corrected chi connectivity index (χ1v) is 7.85. The quantitative estimate of drug-likeness (QED) is 0.828. The van der Waals surface area contributed by atoms with Gasteiger partial charge in [0.15, 0.2) is 0 Å². The van der Waals surface area contributed by atoms with Crippen LogP contribution in [-0.4, -0.2) is 19.0 Å². The minimum atomic E-state index is -0.450. The van der Waals surface area contributed by atoms with Crippen LogP contribution in [0.5, 0.6) is 0 Å². The highest BCUT2D eigenvalue weighted by molar-refractivity contribution is 9.10. The normalized spacial score (nSPS) is 10.3. The van der Waals surface area contributed by atoms with E-state index in [1.54, 1.807) is 6.07 Å². The molecule has 0 aliphatic heterocycles. The van der Waals surface area contributed by atoms with Gasteiger partial charge in [-0.1, -0.05) is 22.0 Å². The van der Waals surface area contributed by atoms with E-state index in [-0.39, 0.29) is 5.91 Å². The molecular weight excluding hydrogens is 354 g/mol. The number of ether oxygens (including phenoxy) is 1. The van der Waals surface area contributed by atoms with Crippen molar-refractivity contribution >= 4 is 44.8 Å². The lowest BCUT2D eigenvalue weighted by Crippen LogP contribution is -2.16. The van der Waals surface area contributed by atoms with E-state index in [9.17, 15) is 9.59 Å². The topological polar surface area (TPSA) is 55.4 Å². The van der Waals surface area contributed by atoms with E-state index >= 15 is 0 Å². The molecule has 4 nitrogen and oxygen atoms in total. The number of esters is 1. The van der Waals surface area contributed by atoms with Gasteiger partial charge in [0.1, 0.15) is 4.88 Å². The van der Waals surface area contributed by atoms with E-state index in [0.29, 0.717) is 16.1 Å². The van der Waals surface area contributed by atoms with Gasteiger partial charge in [0, 0.05) is 10.0 Å². The number of hydrogen-bond acceptors (Lipinski definition) is 4. The third-order valence-electron chi connectivity index (χ3n) is 3.03. The number of aryl methyl sites for hydroxylation is 2. The number of halogens is 1. The van der Waals surface area contributed by atoms with E-state index in [2.05, 4.69) is 21.2 Å². The average Bonchev–Trinajstić information content (AvgIpc) is 2.82. The Morgan fingerprint density at radius 2 is 1.95 bits per heavy atom. The Hall–Kier alpha value is -1.66. The van der Waals surface area contributed by atoms with Crippen molar-refractivity contribution in [1.29, 1.82) is 0 Å². The third kappa shape index (κ3) is 3.33. The summed E-state index contributed by atoms with van der Waals surface area (Å²) in [4.78, 5) is 24.5. The minimum Gasteiger partial charge on any atom is -0.465 e. The molecule has 1 N–H and O–H groups in total.